The lowest BCUT2D eigenvalue weighted by atomic mass is 9.80. The van der Waals surface area contributed by atoms with Crippen LogP contribution in [0.4, 0.5) is 0 Å². The minimum Gasteiger partial charge on any atom is -0.349 e. The molecule has 3 nitrogen and oxygen atoms in total. The first-order chi connectivity index (χ1) is 8.26. The van der Waals surface area contributed by atoms with Crippen LogP contribution in [0.2, 0.25) is 0 Å². The molecule has 98 valence electrons. The van der Waals surface area contributed by atoms with Crippen molar-refractivity contribution in [3.05, 3.63) is 0 Å². The maximum absolute atomic E-state index is 12.3. The fraction of sp³-hybridized carbons (Fsp3) is 0.929. The summed E-state index contributed by atoms with van der Waals surface area (Å²) >= 11 is 0. The summed E-state index contributed by atoms with van der Waals surface area (Å²) in [4.78, 5) is 12.3. The van der Waals surface area contributed by atoms with Gasteiger partial charge in [0, 0.05) is 12.5 Å². The molecule has 1 amide bonds. The number of nitrogens with one attached hydrogen (secondary N) is 1. The number of rotatable bonds is 3. The van der Waals surface area contributed by atoms with Gasteiger partial charge in [-0.25, -0.2) is 0 Å². The van der Waals surface area contributed by atoms with Gasteiger partial charge in [-0.05, 0) is 25.7 Å². The van der Waals surface area contributed by atoms with E-state index in [9.17, 15) is 4.79 Å². The molecule has 0 saturated heterocycles. The second-order valence-electron chi connectivity index (χ2n) is 5.87. The smallest absolute Gasteiger partial charge is 0.223 e. The van der Waals surface area contributed by atoms with E-state index in [1.165, 1.54) is 38.5 Å². The van der Waals surface area contributed by atoms with Gasteiger partial charge in [0.15, 0.2) is 0 Å². The van der Waals surface area contributed by atoms with Crippen molar-refractivity contribution in [2.45, 2.75) is 69.7 Å². The second-order valence-corrected chi connectivity index (χ2v) is 5.87. The number of carbonyl (C=O) groups excluding carboxylic acids is 1. The third-order valence-corrected chi connectivity index (χ3v) is 4.57. The molecule has 0 bridgehead atoms. The Labute approximate surface area is 105 Å². The highest BCUT2D eigenvalue weighted by Crippen LogP contribution is 2.29. The average Bonchev–Trinajstić information content (AvgIpc) is 2.41. The number of carbonyl (C=O) groups is 1. The predicted molar refractivity (Wildman–Crippen MR) is 69.6 cm³/mol. The van der Waals surface area contributed by atoms with Gasteiger partial charge in [0.1, 0.15) is 0 Å². The molecule has 0 radical (unpaired) electrons. The van der Waals surface area contributed by atoms with E-state index in [2.05, 4.69) is 5.32 Å². The van der Waals surface area contributed by atoms with E-state index in [0.29, 0.717) is 6.54 Å². The van der Waals surface area contributed by atoms with Gasteiger partial charge in [0.05, 0.1) is 5.54 Å². The molecule has 0 aromatic rings. The maximum Gasteiger partial charge on any atom is 0.223 e. The summed E-state index contributed by atoms with van der Waals surface area (Å²) in [6.45, 7) is 0.603. The van der Waals surface area contributed by atoms with Crippen molar-refractivity contribution in [3.8, 4) is 0 Å². The van der Waals surface area contributed by atoms with Gasteiger partial charge in [-0.2, -0.15) is 0 Å². The van der Waals surface area contributed by atoms with E-state index >= 15 is 0 Å². The molecule has 17 heavy (non-hydrogen) atoms. The van der Waals surface area contributed by atoms with Gasteiger partial charge in [-0.1, -0.05) is 38.5 Å². The van der Waals surface area contributed by atoms with E-state index in [1.807, 2.05) is 0 Å². The molecule has 0 heterocycles. The zero-order valence-electron chi connectivity index (χ0n) is 10.8. The third kappa shape index (κ3) is 3.21. The zero-order chi connectivity index (χ0) is 12.1. The van der Waals surface area contributed by atoms with Crippen LogP contribution in [-0.2, 0) is 4.79 Å². The molecule has 0 atom stereocenters. The molecule has 2 fully saturated rings. The summed E-state index contributed by atoms with van der Waals surface area (Å²) in [5, 5.41) is 3.29. The number of hydrogen-bond acceptors (Lipinski definition) is 2. The molecule has 2 rings (SSSR count). The van der Waals surface area contributed by atoms with Gasteiger partial charge in [-0.15, -0.1) is 0 Å². The highest BCUT2D eigenvalue weighted by Gasteiger charge is 2.34. The monoisotopic (exact) mass is 238 g/mol. The Morgan fingerprint density at radius 2 is 1.65 bits per heavy atom. The van der Waals surface area contributed by atoms with Crippen molar-refractivity contribution in [3.63, 3.8) is 0 Å². The summed E-state index contributed by atoms with van der Waals surface area (Å²) in [5.74, 6) is 0.533. The van der Waals surface area contributed by atoms with Gasteiger partial charge >= 0.3 is 0 Å². The Morgan fingerprint density at radius 1 is 1.06 bits per heavy atom. The van der Waals surface area contributed by atoms with Crippen LogP contribution in [0.1, 0.15) is 64.2 Å². The van der Waals surface area contributed by atoms with E-state index in [-0.39, 0.29) is 17.4 Å². The Bertz CT molecular complexity index is 253. The van der Waals surface area contributed by atoms with Crippen LogP contribution in [0, 0.1) is 5.92 Å². The van der Waals surface area contributed by atoms with Gasteiger partial charge in [0.2, 0.25) is 5.91 Å². The quantitative estimate of drug-likeness (QED) is 0.793. The van der Waals surface area contributed by atoms with Crippen LogP contribution in [0.3, 0.4) is 0 Å². The van der Waals surface area contributed by atoms with E-state index in [4.69, 9.17) is 5.73 Å². The lowest BCUT2D eigenvalue weighted by Gasteiger charge is -2.38. The maximum atomic E-state index is 12.3. The predicted octanol–water partition coefficient (Wildman–Crippen LogP) is 2.34. The topological polar surface area (TPSA) is 55.1 Å². The molecule has 2 aliphatic carbocycles. The molecule has 0 aliphatic heterocycles. The molecule has 0 unspecified atom stereocenters. The van der Waals surface area contributed by atoms with E-state index in [0.717, 1.165) is 25.7 Å². The summed E-state index contributed by atoms with van der Waals surface area (Å²) in [7, 11) is 0. The van der Waals surface area contributed by atoms with Crippen molar-refractivity contribution in [1.29, 1.82) is 0 Å². The third-order valence-electron chi connectivity index (χ3n) is 4.57. The molecule has 0 spiro atoms. The Morgan fingerprint density at radius 3 is 2.24 bits per heavy atom. The second kappa shape index (κ2) is 5.85. The first-order valence-corrected chi connectivity index (χ1v) is 7.28. The highest BCUT2D eigenvalue weighted by molar-refractivity contribution is 5.79. The number of hydrogen-bond donors (Lipinski definition) is 2. The van der Waals surface area contributed by atoms with Crippen LogP contribution in [-0.4, -0.2) is 18.0 Å². The van der Waals surface area contributed by atoms with Gasteiger partial charge in [-0.3, -0.25) is 4.79 Å². The number of amides is 1. The fourth-order valence-corrected chi connectivity index (χ4v) is 3.34. The van der Waals surface area contributed by atoms with Crippen molar-refractivity contribution < 1.29 is 4.79 Å². The fourth-order valence-electron chi connectivity index (χ4n) is 3.34. The van der Waals surface area contributed by atoms with Crippen LogP contribution in [0.25, 0.3) is 0 Å². The normalized spacial score (nSPS) is 25.5. The van der Waals surface area contributed by atoms with Gasteiger partial charge in [0.25, 0.3) is 0 Å². The lowest BCUT2D eigenvalue weighted by molar-refractivity contribution is -0.128. The average molecular weight is 238 g/mol. The van der Waals surface area contributed by atoms with Gasteiger partial charge < -0.3 is 11.1 Å². The molecule has 2 aliphatic rings. The molecule has 2 saturated carbocycles. The summed E-state index contributed by atoms with van der Waals surface area (Å²) in [5.41, 5.74) is 5.82. The molecule has 0 aromatic carbocycles. The Kier molecular flexibility index (Phi) is 4.43. The highest BCUT2D eigenvalue weighted by atomic mass is 16.2. The summed E-state index contributed by atoms with van der Waals surface area (Å²) in [6.07, 6.45) is 11.7. The largest absolute Gasteiger partial charge is 0.349 e. The van der Waals surface area contributed by atoms with Crippen LogP contribution in [0.5, 0.6) is 0 Å². The van der Waals surface area contributed by atoms with Crippen LogP contribution < -0.4 is 11.1 Å². The van der Waals surface area contributed by atoms with Crippen molar-refractivity contribution in [1.82, 2.24) is 5.32 Å². The van der Waals surface area contributed by atoms with Crippen molar-refractivity contribution in [2.24, 2.45) is 11.7 Å². The Hall–Kier alpha value is -0.570. The van der Waals surface area contributed by atoms with Crippen LogP contribution >= 0.6 is 0 Å². The minimum atomic E-state index is -0.0766. The van der Waals surface area contributed by atoms with Crippen molar-refractivity contribution in [2.75, 3.05) is 6.54 Å². The standard InChI is InChI=1S/C14H26N2O/c15-11-14(9-5-2-6-10-14)16-13(17)12-7-3-1-4-8-12/h12H,1-11,15H2,(H,16,17). The van der Waals surface area contributed by atoms with Crippen LogP contribution in [0.15, 0.2) is 0 Å². The van der Waals surface area contributed by atoms with Crippen molar-refractivity contribution >= 4 is 5.91 Å². The zero-order valence-corrected chi connectivity index (χ0v) is 10.8. The molecular weight excluding hydrogens is 212 g/mol. The number of nitrogens with two attached hydrogens (primary N) is 1. The Balaban J connectivity index is 1.90. The first-order valence-electron chi connectivity index (χ1n) is 7.28. The SMILES string of the molecule is NCC1(NC(=O)C2CCCCC2)CCCCC1. The molecular formula is C14H26N2O. The first kappa shape index (κ1) is 12.9. The molecule has 3 N–H and O–H groups in total. The molecule has 3 heteroatoms. The van der Waals surface area contributed by atoms with E-state index < -0.39 is 0 Å². The molecule has 0 aromatic heterocycles. The summed E-state index contributed by atoms with van der Waals surface area (Å²) < 4.78 is 0. The minimum absolute atomic E-state index is 0.0766. The van der Waals surface area contributed by atoms with E-state index in [1.54, 1.807) is 0 Å². The summed E-state index contributed by atoms with van der Waals surface area (Å²) in [6, 6.07) is 0. The lowest BCUT2D eigenvalue weighted by Crippen LogP contribution is -2.56.